The Labute approximate surface area is 166 Å². The van der Waals surface area contributed by atoms with Crippen LogP contribution in [0.3, 0.4) is 0 Å². The van der Waals surface area contributed by atoms with E-state index in [9.17, 15) is 4.79 Å². The summed E-state index contributed by atoms with van der Waals surface area (Å²) in [6.07, 6.45) is 1.77. The number of halogens is 1. The number of carbonyl (C=O) groups is 1. The van der Waals surface area contributed by atoms with E-state index in [0.717, 1.165) is 24.6 Å². The second-order valence-electron chi connectivity index (χ2n) is 6.58. The third-order valence-electron chi connectivity index (χ3n) is 4.30. The molecule has 7 heteroatoms. The average molecular weight is 395 g/mol. The van der Waals surface area contributed by atoms with Gasteiger partial charge < -0.3 is 19.2 Å². The maximum Gasteiger partial charge on any atom is 0.251 e. The molecule has 1 aromatic heterocycles. The van der Waals surface area contributed by atoms with Crippen LogP contribution in [0.25, 0.3) is 0 Å². The van der Waals surface area contributed by atoms with Crippen molar-refractivity contribution in [2.45, 2.75) is 26.0 Å². The van der Waals surface area contributed by atoms with Gasteiger partial charge in [0.05, 0.1) is 31.6 Å². The van der Waals surface area contributed by atoms with Crippen LogP contribution in [-0.2, 0) is 4.74 Å². The minimum absolute atomic E-state index is 0. The van der Waals surface area contributed by atoms with Crippen LogP contribution in [0.2, 0.25) is 0 Å². The fourth-order valence-electron chi connectivity index (χ4n) is 3.03. The molecule has 2 aromatic rings. The highest BCUT2D eigenvalue weighted by Gasteiger charge is 2.25. The van der Waals surface area contributed by atoms with Gasteiger partial charge in [-0.1, -0.05) is 0 Å². The van der Waals surface area contributed by atoms with E-state index in [0.29, 0.717) is 25.3 Å². The zero-order chi connectivity index (χ0) is 18.4. The number of ether oxygens (including phenoxy) is 2. The lowest BCUT2D eigenvalue weighted by atomic mass is 10.1. The maximum absolute atomic E-state index is 12.5. The topological polar surface area (TPSA) is 63.9 Å². The van der Waals surface area contributed by atoms with Crippen molar-refractivity contribution in [1.29, 1.82) is 0 Å². The van der Waals surface area contributed by atoms with E-state index in [1.165, 1.54) is 0 Å². The van der Waals surface area contributed by atoms with Crippen LogP contribution < -0.4 is 10.1 Å². The predicted octanol–water partition coefficient (Wildman–Crippen LogP) is 3.29. The minimum atomic E-state index is -0.106. The maximum atomic E-state index is 12.5. The zero-order valence-electron chi connectivity index (χ0n) is 15.7. The monoisotopic (exact) mass is 394 g/mol. The summed E-state index contributed by atoms with van der Waals surface area (Å²) in [5, 5.41) is 3.02. The Kier molecular flexibility index (Phi) is 8.16. The van der Waals surface area contributed by atoms with E-state index < -0.39 is 0 Å². The first-order chi connectivity index (χ1) is 12.6. The summed E-state index contributed by atoms with van der Waals surface area (Å²) < 4.78 is 16.6. The fraction of sp³-hybridized carbons (Fsp3) is 0.450. The molecular weight excluding hydrogens is 368 g/mol. The molecule has 2 heterocycles. The second-order valence-corrected chi connectivity index (χ2v) is 6.58. The molecule has 27 heavy (non-hydrogen) atoms. The molecule has 1 unspecified atom stereocenters. The first-order valence-electron chi connectivity index (χ1n) is 9.03. The van der Waals surface area contributed by atoms with Gasteiger partial charge in [-0.05, 0) is 50.2 Å². The summed E-state index contributed by atoms with van der Waals surface area (Å²) in [6, 6.07) is 11.0. The predicted molar refractivity (Wildman–Crippen MR) is 106 cm³/mol. The summed E-state index contributed by atoms with van der Waals surface area (Å²) in [7, 11) is 0. The molecule has 6 nitrogen and oxygen atoms in total. The lowest BCUT2D eigenvalue weighted by molar-refractivity contribution is 0.0118. The van der Waals surface area contributed by atoms with Crippen molar-refractivity contribution in [2.75, 3.05) is 32.8 Å². The first-order valence-corrected chi connectivity index (χ1v) is 9.03. The van der Waals surface area contributed by atoms with Gasteiger partial charge in [-0.15, -0.1) is 12.4 Å². The number of nitrogens with zero attached hydrogens (tertiary/aromatic N) is 1. The van der Waals surface area contributed by atoms with Gasteiger partial charge >= 0.3 is 0 Å². The van der Waals surface area contributed by atoms with E-state index in [-0.39, 0.29) is 30.5 Å². The van der Waals surface area contributed by atoms with Crippen molar-refractivity contribution in [1.82, 2.24) is 10.2 Å². The zero-order valence-corrected chi connectivity index (χ0v) is 16.5. The quantitative estimate of drug-likeness (QED) is 0.780. The number of hydrogen-bond donors (Lipinski definition) is 1. The summed E-state index contributed by atoms with van der Waals surface area (Å²) in [5.74, 6) is 1.51. The molecule has 1 aliphatic heterocycles. The molecule has 0 radical (unpaired) electrons. The molecule has 1 aromatic carbocycles. The van der Waals surface area contributed by atoms with Gasteiger partial charge in [0.25, 0.3) is 5.91 Å². The molecule has 1 saturated heterocycles. The third kappa shape index (κ3) is 5.99. The first kappa shape index (κ1) is 21.3. The molecule has 1 atom stereocenters. The van der Waals surface area contributed by atoms with Crippen LogP contribution >= 0.6 is 12.4 Å². The number of benzene rings is 1. The molecule has 1 aliphatic rings. The van der Waals surface area contributed by atoms with Crippen LogP contribution in [0.1, 0.15) is 36.0 Å². The molecule has 1 amide bonds. The lowest BCUT2D eigenvalue weighted by Crippen LogP contribution is -2.43. The molecule has 0 bridgehead atoms. The van der Waals surface area contributed by atoms with Gasteiger partial charge in [0.2, 0.25) is 0 Å². The minimum Gasteiger partial charge on any atom is -0.491 e. The largest absolute Gasteiger partial charge is 0.491 e. The number of nitrogens with one attached hydrogen (secondary N) is 1. The highest BCUT2D eigenvalue weighted by molar-refractivity contribution is 5.94. The molecule has 0 spiro atoms. The molecular formula is C20H27ClN2O4. The number of rotatable bonds is 7. The van der Waals surface area contributed by atoms with Crippen molar-refractivity contribution in [3.63, 3.8) is 0 Å². The normalized spacial score (nSPS) is 15.8. The smallest absolute Gasteiger partial charge is 0.251 e. The van der Waals surface area contributed by atoms with E-state index >= 15 is 0 Å². The van der Waals surface area contributed by atoms with Gasteiger partial charge in [0, 0.05) is 25.2 Å². The van der Waals surface area contributed by atoms with Gasteiger partial charge in [-0.25, -0.2) is 0 Å². The highest BCUT2D eigenvalue weighted by atomic mass is 35.5. The van der Waals surface area contributed by atoms with Crippen LogP contribution in [0.15, 0.2) is 47.1 Å². The van der Waals surface area contributed by atoms with Crippen LogP contribution in [0.4, 0.5) is 0 Å². The van der Waals surface area contributed by atoms with Crippen molar-refractivity contribution in [2.24, 2.45) is 0 Å². The molecule has 1 N–H and O–H groups in total. The van der Waals surface area contributed by atoms with E-state index in [1.807, 2.05) is 38.1 Å². The summed E-state index contributed by atoms with van der Waals surface area (Å²) in [6.45, 7) is 7.47. The van der Waals surface area contributed by atoms with E-state index in [1.54, 1.807) is 18.4 Å². The number of morpholine rings is 1. The number of furan rings is 1. The van der Waals surface area contributed by atoms with Crippen molar-refractivity contribution >= 4 is 18.3 Å². The van der Waals surface area contributed by atoms with Crippen LogP contribution in [0.5, 0.6) is 5.75 Å². The fourth-order valence-corrected chi connectivity index (χ4v) is 3.03. The van der Waals surface area contributed by atoms with Crippen molar-refractivity contribution in [3.05, 3.63) is 54.0 Å². The van der Waals surface area contributed by atoms with Gasteiger partial charge in [-0.2, -0.15) is 0 Å². The SMILES string of the molecule is CC(C)Oc1ccc(C(=O)NCC(c2ccco2)N2CCOCC2)cc1.Cl. The van der Waals surface area contributed by atoms with Crippen LogP contribution in [0, 0.1) is 0 Å². The molecule has 148 valence electrons. The summed E-state index contributed by atoms with van der Waals surface area (Å²) in [4.78, 5) is 14.8. The second kappa shape index (κ2) is 10.3. The van der Waals surface area contributed by atoms with Crippen LogP contribution in [-0.4, -0.2) is 49.8 Å². The number of amides is 1. The standard InChI is InChI=1S/C20H26N2O4.ClH/c1-15(2)26-17-7-5-16(6-8-17)20(23)21-14-18(19-4-3-11-25-19)22-9-12-24-13-10-22;/h3-8,11,15,18H,9-10,12-14H2,1-2H3,(H,21,23);1H. The highest BCUT2D eigenvalue weighted by Crippen LogP contribution is 2.22. The average Bonchev–Trinajstić information content (AvgIpc) is 3.17. The Morgan fingerprint density at radius 1 is 1.19 bits per heavy atom. The number of hydrogen-bond acceptors (Lipinski definition) is 5. The van der Waals surface area contributed by atoms with Gasteiger partial charge in [0.15, 0.2) is 0 Å². The Morgan fingerprint density at radius 3 is 2.48 bits per heavy atom. The Balaban J connectivity index is 0.00000261. The lowest BCUT2D eigenvalue weighted by Gasteiger charge is -2.33. The van der Waals surface area contributed by atoms with Crippen molar-refractivity contribution in [3.8, 4) is 5.75 Å². The molecule has 1 fully saturated rings. The summed E-state index contributed by atoms with van der Waals surface area (Å²) in [5.41, 5.74) is 0.612. The molecule has 0 aliphatic carbocycles. The Hall–Kier alpha value is -2.02. The molecule has 0 saturated carbocycles. The van der Waals surface area contributed by atoms with Crippen molar-refractivity contribution < 1.29 is 18.7 Å². The Bertz CT molecular complexity index is 683. The third-order valence-corrected chi connectivity index (χ3v) is 4.30. The van der Waals surface area contributed by atoms with E-state index in [2.05, 4.69) is 10.2 Å². The summed E-state index contributed by atoms with van der Waals surface area (Å²) >= 11 is 0. The van der Waals surface area contributed by atoms with Gasteiger partial charge in [-0.3, -0.25) is 9.69 Å². The van der Waals surface area contributed by atoms with Gasteiger partial charge in [0.1, 0.15) is 11.5 Å². The molecule has 3 rings (SSSR count). The Morgan fingerprint density at radius 2 is 1.89 bits per heavy atom. The van der Waals surface area contributed by atoms with E-state index in [4.69, 9.17) is 13.9 Å². The number of carbonyl (C=O) groups excluding carboxylic acids is 1.